The number of phenolic OH excluding ortho intramolecular Hbond substituents is 3. The molecule has 0 aromatic heterocycles. The van der Waals surface area contributed by atoms with Gasteiger partial charge in [0, 0.05) is 17.7 Å². The Labute approximate surface area is 122 Å². The lowest BCUT2D eigenvalue weighted by atomic mass is 9.99. The molecule has 2 aromatic rings. The monoisotopic (exact) mass is 288 g/mol. The van der Waals surface area contributed by atoms with E-state index < -0.39 is 5.92 Å². The predicted octanol–water partition coefficient (Wildman–Crippen LogP) is 2.30. The van der Waals surface area contributed by atoms with Crippen LogP contribution in [0.1, 0.15) is 17.0 Å². The van der Waals surface area contributed by atoms with Gasteiger partial charge < -0.3 is 24.9 Å². The Hall–Kier alpha value is -2.53. The number of hydrogen-bond acceptors (Lipinski definition) is 5. The van der Waals surface area contributed by atoms with Gasteiger partial charge in [-0.25, -0.2) is 0 Å². The molecule has 1 atom stereocenters. The SMILES string of the molecule is O=CC(COCc1ccccc1)c1c(O)cc(O)cc1O. The van der Waals surface area contributed by atoms with Crippen LogP contribution in [0.4, 0.5) is 0 Å². The van der Waals surface area contributed by atoms with Crippen molar-refractivity contribution >= 4 is 6.29 Å². The number of aromatic hydroxyl groups is 3. The summed E-state index contributed by atoms with van der Waals surface area (Å²) in [6.45, 7) is 0.342. The molecule has 3 N–H and O–H groups in total. The maximum atomic E-state index is 11.2. The Bertz CT molecular complexity index is 586. The molecule has 0 aliphatic heterocycles. The van der Waals surface area contributed by atoms with E-state index in [4.69, 9.17) is 4.74 Å². The van der Waals surface area contributed by atoms with Crippen molar-refractivity contribution in [2.24, 2.45) is 0 Å². The van der Waals surface area contributed by atoms with Gasteiger partial charge in [-0.2, -0.15) is 0 Å². The minimum atomic E-state index is -0.811. The van der Waals surface area contributed by atoms with Crippen molar-refractivity contribution in [2.75, 3.05) is 6.61 Å². The first-order chi connectivity index (χ1) is 10.1. The Kier molecular flexibility index (Phi) is 4.79. The highest BCUT2D eigenvalue weighted by Crippen LogP contribution is 2.36. The molecule has 0 heterocycles. The average Bonchev–Trinajstić information content (AvgIpc) is 2.45. The molecule has 0 bridgehead atoms. The number of hydrogen-bond donors (Lipinski definition) is 3. The van der Waals surface area contributed by atoms with Gasteiger partial charge in [-0.15, -0.1) is 0 Å². The Morgan fingerprint density at radius 1 is 1.05 bits per heavy atom. The van der Waals surface area contributed by atoms with Gasteiger partial charge in [0.05, 0.1) is 19.1 Å². The molecule has 2 rings (SSSR count). The second-order valence-corrected chi connectivity index (χ2v) is 4.64. The highest BCUT2D eigenvalue weighted by Gasteiger charge is 2.20. The normalized spacial score (nSPS) is 12.0. The van der Waals surface area contributed by atoms with Crippen molar-refractivity contribution in [1.82, 2.24) is 0 Å². The predicted molar refractivity (Wildman–Crippen MR) is 76.3 cm³/mol. The van der Waals surface area contributed by atoms with Crippen LogP contribution in [0, 0.1) is 0 Å². The van der Waals surface area contributed by atoms with Crippen LogP contribution in [0.15, 0.2) is 42.5 Å². The van der Waals surface area contributed by atoms with Crippen molar-refractivity contribution in [3.63, 3.8) is 0 Å². The maximum Gasteiger partial charge on any atom is 0.130 e. The fraction of sp³-hybridized carbons (Fsp3) is 0.188. The summed E-state index contributed by atoms with van der Waals surface area (Å²) >= 11 is 0. The molecule has 2 aromatic carbocycles. The first-order valence-corrected chi connectivity index (χ1v) is 6.43. The highest BCUT2D eigenvalue weighted by atomic mass is 16.5. The third kappa shape index (κ3) is 3.73. The molecule has 0 saturated carbocycles. The topological polar surface area (TPSA) is 87.0 Å². The zero-order valence-electron chi connectivity index (χ0n) is 11.3. The van der Waals surface area contributed by atoms with E-state index in [2.05, 4.69) is 0 Å². The number of ether oxygens (including phenoxy) is 1. The summed E-state index contributed by atoms with van der Waals surface area (Å²) < 4.78 is 5.45. The summed E-state index contributed by atoms with van der Waals surface area (Å²) in [6.07, 6.45) is 0.594. The first-order valence-electron chi connectivity index (χ1n) is 6.43. The van der Waals surface area contributed by atoms with Crippen molar-refractivity contribution in [3.05, 3.63) is 53.6 Å². The largest absolute Gasteiger partial charge is 0.508 e. The van der Waals surface area contributed by atoms with E-state index in [-0.39, 0.29) is 29.4 Å². The summed E-state index contributed by atoms with van der Waals surface area (Å²) in [6, 6.07) is 11.6. The number of carbonyl (C=O) groups is 1. The van der Waals surface area contributed by atoms with Crippen molar-refractivity contribution < 1.29 is 24.9 Å². The summed E-state index contributed by atoms with van der Waals surface area (Å²) in [5.74, 6) is -1.77. The summed E-state index contributed by atoms with van der Waals surface area (Å²) in [5, 5.41) is 28.8. The Balaban J connectivity index is 2.05. The molecule has 5 heteroatoms. The molecular formula is C16H16O5. The lowest BCUT2D eigenvalue weighted by Gasteiger charge is -2.15. The van der Waals surface area contributed by atoms with Gasteiger partial charge >= 0.3 is 0 Å². The number of carbonyl (C=O) groups excluding carboxylic acids is 1. The highest BCUT2D eigenvalue weighted by molar-refractivity contribution is 5.68. The van der Waals surface area contributed by atoms with E-state index in [1.807, 2.05) is 30.3 Å². The van der Waals surface area contributed by atoms with Gasteiger partial charge in [0.15, 0.2) is 0 Å². The summed E-state index contributed by atoms with van der Waals surface area (Å²) in [4.78, 5) is 11.2. The average molecular weight is 288 g/mol. The van der Waals surface area contributed by atoms with Crippen molar-refractivity contribution in [1.29, 1.82) is 0 Å². The second kappa shape index (κ2) is 6.76. The van der Waals surface area contributed by atoms with Crippen LogP contribution in [0.3, 0.4) is 0 Å². The lowest BCUT2D eigenvalue weighted by molar-refractivity contribution is -0.110. The molecule has 110 valence electrons. The van der Waals surface area contributed by atoms with E-state index in [1.165, 1.54) is 0 Å². The lowest BCUT2D eigenvalue weighted by Crippen LogP contribution is -2.10. The van der Waals surface area contributed by atoms with Crippen LogP contribution >= 0.6 is 0 Å². The fourth-order valence-corrected chi connectivity index (χ4v) is 2.06. The molecule has 0 amide bonds. The molecule has 0 aliphatic rings. The van der Waals surface area contributed by atoms with Crippen LogP contribution < -0.4 is 0 Å². The second-order valence-electron chi connectivity index (χ2n) is 4.64. The molecule has 1 unspecified atom stereocenters. The zero-order valence-corrected chi connectivity index (χ0v) is 11.3. The van der Waals surface area contributed by atoms with Crippen LogP contribution in [0.25, 0.3) is 0 Å². The molecule has 0 saturated heterocycles. The van der Waals surface area contributed by atoms with Gasteiger partial charge in [-0.05, 0) is 5.56 Å². The molecule has 21 heavy (non-hydrogen) atoms. The van der Waals surface area contributed by atoms with Crippen LogP contribution in [-0.2, 0) is 16.1 Å². The van der Waals surface area contributed by atoms with Gasteiger partial charge in [0.25, 0.3) is 0 Å². The van der Waals surface area contributed by atoms with Crippen molar-refractivity contribution in [3.8, 4) is 17.2 Å². The molecule has 0 aliphatic carbocycles. The van der Waals surface area contributed by atoms with Gasteiger partial charge in [-0.1, -0.05) is 30.3 Å². The third-order valence-electron chi connectivity index (χ3n) is 3.07. The standard InChI is InChI=1S/C16H16O5/c17-8-12(10-21-9-11-4-2-1-3-5-11)16-14(19)6-13(18)7-15(16)20/h1-8,12,18-20H,9-10H2. The van der Waals surface area contributed by atoms with Gasteiger partial charge in [0.2, 0.25) is 0 Å². The smallest absolute Gasteiger partial charge is 0.130 e. The molecule has 0 fully saturated rings. The first kappa shape index (κ1) is 14.9. The molecule has 5 nitrogen and oxygen atoms in total. The number of aldehydes is 1. The summed E-state index contributed by atoms with van der Waals surface area (Å²) in [7, 11) is 0. The van der Waals surface area contributed by atoms with Crippen molar-refractivity contribution in [2.45, 2.75) is 12.5 Å². The Morgan fingerprint density at radius 3 is 2.24 bits per heavy atom. The maximum absolute atomic E-state index is 11.2. The third-order valence-corrected chi connectivity index (χ3v) is 3.07. The molecule has 0 spiro atoms. The van der Waals surface area contributed by atoms with E-state index in [0.717, 1.165) is 17.7 Å². The minimum Gasteiger partial charge on any atom is -0.508 e. The van der Waals surface area contributed by atoms with Crippen LogP contribution in [-0.4, -0.2) is 28.2 Å². The van der Waals surface area contributed by atoms with E-state index >= 15 is 0 Å². The van der Waals surface area contributed by atoms with E-state index in [0.29, 0.717) is 12.9 Å². The zero-order chi connectivity index (χ0) is 15.2. The van der Waals surface area contributed by atoms with Gasteiger partial charge in [0.1, 0.15) is 23.5 Å². The number of rotatable bonds is 6. The Morgan fingerprint density at radius 2 is 1.67 bits per heavy atom. The van der Waals surface area contributed by atoms with E-state index in [9.17, 15) is 20.1 Å². The summed E-state index contributed by atoms with van der Waals surface area (Å²) in [5.41, 5.74) is 1.01. The van der Waals surface area contributed by atoms with Crippen LogP contribution in [0.2, 0.25) is 0 Å². The number of benzene rings is 2. The quantitative estimate of drug-likeness (QED) is 0.710. The minimum absolute atomic E-state index is 0.0181. The fourth-order valence-electron chi connectivity index (χ4n) is 2.06. The number of phenols is 3. The van der Waals surface area contributed by atoms with Crippen LogP contribution in [0.5, 0.6) is 17.2 Å². The molecule has 0 radical (unpaired) electrons. The van der Waals surface area contributed by atoms with E-state index in [1.54, 1.807) is 0 Å². The van der Waals surface area contributed by atoms with Gasteiger partial charge in [-0.3, -0.25) is 0 Å². The molecular weight excluding hydrogens is 272 g/mol.